The molecule has 0 aliphatic carbocycles. The van der Waals surface area contributed by atoms with Gasteiger partial charge in [-0.25, -0.2) is 4.79 Å². The minimum atomic E-state index is -3.42. The van der Waals surface area contributed by atoms with Gasteiger partial charge in [-0.3, -0.25) is 19.2 Å². The van der Waals surface area contributed by atoms with E-state index in [4.69, 9.17) is 99.5 Å². The topological polar surface area (TPSA) is 954 Å². The number of carbonyl (C=O) groups excluding carboxylic acids is 4. The first-order valence-electron chi connectivity index (χ1n) is 44.0. The van der Waals surface area contributed by atoms with Crippen LogP contribution < -0.4 is 21.3 Å². The molecular formula is C77H128N4O57. The van der Waals surface area contributed by atoms with Crippen molar-refractivity contribution in [2.24, 2.45) is 0 Å². The zero-order valence-corrected chi connectivity index (χ0v) is 74.3. The molecule has 11 heterocycles. The van der Waals surface area contributed by atoms with Gasteiger partial charge in [0.15, 0.2) is 62.9 Å². The lowest BCUT2D eigenvalue weighted by molar-refractivity contribution is -0.400. The predicted molar refractivity (Wildman–Crippen MR) is 423 cm³/mol. The van der Waals surface area contributed by atoms with Crippen LogP contribution in [-0.2, 0) is 123 Å². The average Bonchev–Trinajstić information content (AvgIpc) is 0.768. The molecule has 0 aromatic heterocycles. The SMILES string of the molecule is CC(=O)N[C@H]1[C@H](OC[C@H]2O[C@@H](O[C@H]3[C@H](O)[C@@H](O)C(O)O[C@@H]3CO)[C@H](O)[C@@H](O[C@@H]3O[C@H](CO)[C@@H](O[C@@H]4O[C@@H](C)[C@@H](O)[C@@H](O)[C@@H]4O)[C@H](O[C@@H]4O[C@H](CO)[C@H](O)[C@H](O[C@]5(C(=O)O)C[C@H](O)[C@@H](NC(C)=O)[C@H]([C@H](O)[C@H](O)CO)O5)[C@H]4O)[C@H]3NC(C)=O)[C@H]2O)O[C@H](CO)[C@@H](O[C@@H]2O[C@H](CO)[C@H](O)[C@H](O[C@@H]3O[C@H](CO)[C@@H](O[C@@H]4O[C@H](CO)[C@H](O)[C@H](O)[C@H]4O)[C@H](O[C@@H]4O[C@@H](C)[C@@H](O)[C@@H](O)[C@@H]4O)[C@H]3NC(C)=O)[C@H]2O)[C@@H]1O. The number of aliphatic hydroxyl groups excluding tert-OH is 30. The molecule has 35 N–H and O–H groups in total. The number of carbonyl (C=O) groups is 5. The molecule has 0 spiro atoms. The largest absolute Gasteiger partial charge is 0.477 e. The summed E-state index contributed by atoms with van der Waals surface area (Å²) in [5.41, 5.74) is 0. The number of hydrogen-bond acceptors (Lipinski definition) is 56. The summed E-state index contributed by atoms with van der Waals surface area (Å²) in [4.78, 5) is 66.5. The van der Waals surface area contributed by atoms with Gasteiger partial charge < -0.3 is 279 Å². The average molecular weight is 2020 g/mol. The van der Waals surface area contributed by atoms with Crippen LogP contribution in [0.4, 0.5) is 0 Å². The highest BCUT2D eigenvalue weighted by Gasteiger charge is 2.65. The Kier molecular flexibility index (Phi) is 40.1. The molecule has 11 aliphatic heterocycles. The molecule has 11 fully saturated rings. The first-order chi connectivity index (χ1) is 65.1. The van der Waals surface area contributed by atoms with Crippen LogP contribution in [-0.4, -0.2) is 590 Å². The number of carboxylic acid groups (broad SMARTS) is 1. The first-order valence-corrected chi connectivity index (χ1v) is 44.0. The van der Waals surface area contributed by atoms with Gasteiger partial charge in [-0.2, -0.15) is 0 Å². The Balaban J connectivity index is 0.900. The quantitative estimate of drug-likeness (QED) is 0.0277. The third kappa shape index (κ3) is 24.6. The number of aliphatic hydroxyl groups is 30. The molecule has 798 valence electrons. The fourth-order valence-electron chi connectivity index (χ4n) is 18.0. The fourth-order valence-corrected chi connectivity index (χ4v) is 18.0. The highest BCUT2D eigenvalue weighted by molar-refractivity contribution is 5.77. The van der Waals surface area contributed by atoms with Crippen molar-refractivity contribution >= 4 is 29.6 Å². The molecule has 0 bridgehead atoms. The van der Waals surface area contributed by atoms with Gasteiger partial charge in [0.1, 0.15) is 250 Å². The summed E-state index contributed by atoms with van der Waals surface area (Å²) in [7, 11) is 0. The second kappa shape index (κ2) is 48.8. The van der Waals surface area contributed by atoms with E-state index in [0.29, 0.717) is 0 Å². The Labute approximate surface area is 780 Å². The van der Waals surface area contributed by atoms with E-state index in [0.717, 1.165) is 27.7 Å². The molecule has 1 unspecified atom stereocenters. The number of amides is 4. The van der Waals surface area contributed by atoms with Crippen LogP contribution in [0, 0.1) is 0 Å². The van der Waals surface area contributed by atoms with Gasteiger partial charge in [-0.05, 0) is 13.8 Å². The van der Waals surface area contributed by atoms with E-state index in [9.17, 15) is 182 Å². The van der Waals surface area contributed by atoms with Crippen molar-refractivity contribution in [2.45, 2.75) is 391 Å². The molecule has 61 nitrogen and oxygen atoms in total. The van der Waals surface area contributed by atoms with E-state index < -0.39 is 439 Å². The third-order valence-corrected chi connectivity index (χ3v) is 25.5. The van der Waals surface area contributed by atoms with Gasteiger partial charge in [-0.15, -0.1) is 0 Å². The smallest absolute Gasteiger partial charge is 0.364 e. The number of ether oxygens (including phenoxy) is 21. The second-order valence-corrected chi connectivity index (χ2v) is 35.2. The monoisotopic (exact) mass is 2020 g/mol. The Morgan fingerprint density at radius 3 is 1.05 bits per heavy atom. The number of aliphatic carboxylic acids is 1. The fraction of sp³-hybridized carbons (Fsp3) is 0.935. The molecule has 0 radical (unpaired) electrons. The maximum atomic E-state index is 13.8. The van der Waals surface area contributed by atoms with Crippen molar-refractivity contribution < 1.29 is 282 Å². The van der Waals surface area contributed by atoms with Crippen LogP contribution >= 0.6 is 0 Å². The predicted octanol–water partition coefficient (Wildman–Crippen LogP) is -23.1. The first kappa shape index (κ1) is 114. The zero-order valence-electron chi connectivity index (χ0n) is 74.3. The van der Waals surface area contributed by atoms with Gasteiger partial charge in [0.05, 0.1) is 83.8 Å². The summed E-state index contributed by atoms with van der Waals surface area (Å²) in [6.45, 7) is -4.99. The molecule has 11 rings (SSSR count). The molecule has 0 saturated carbocycles. The summed E-state index contributed by atoms with van der Waals surface area (Å²) < 4.78 is 126. The summed E-state index contributed by atoms with van der Waals surface area (Å²) in [5.74, 6) is -9.72. The standard InChI is InChI=1S/C77H128N4O57/c1-17-37(96)45(104)50(109)70(119-17)131-58-30(14-88)126-69(36(81-22(6)93)62(58)134-75-55(114)65(42(101)27(11-85)124-75)138-77(76(116)117)7-23(94)33(78-19(3)90)60(137-77)39(98)24(95)8-82)136-64-43(102)32(128-74(54(64)113)130-57-28(12-86)121-66(115)49(108)48(57)107)16-118-67-34(79-20(4)91)44(103)56(29(13-87)125-67)129-73-53(112)63(41(100)26(10-84)123-73)135-68-35(80-21(5)92)61(133-71-51(110)46(105)38(97)18(2)120-71)59(31(15-89)127-68)132-72-52(111)47(106)40(99)25(9-83)122-72/h17-18,23-75,82-89,94-115H,7-16H2,1-6H3,(H,78,90)(H,79,91)(H,80,92)(H,81,93)(H,116,117)/t17-,18-,23-,24+,25+,26+,27+,28+,29+,30+,31+,32+,33+,34+,35+,36+,37+,38+,39+,40-,41-,42-,43-,44+,45+,46+,47-,48+,49+,50-,51-,52+,53+,54+,55+,56+,57+,58+,59+,60+,61+,62+,63-,64-,65-,66?,67+,68-,69-,70-,71-,72-,73-,74-,75-,77-/m0/s1. The lowest BCUT2D eigenvalue weighted by Gasteiger charge is -2.52. The molecule has 11 aliphatic rings. The van der Waals surface area contributed by atoms with Crippen molar-refractivity contribution in [2.75, 3.05) is 59.5 Å². The van der Waals surface area contributed by atoms with Crippen molar-refractivity contribution in [3.05, 3.63) is 0 Å². The van der Waals surface area contributed by atoms with E-state index in [-0.39, 0.29) is 0 Å². The van der Waals surface area contributed by atoms with Gasteiger partial charge >= 0.3 is 5.97 Å². The lowest BCUT2D eigenvalue weighted by Crippen LogP contribution is -2.72. The van der Waals surface area contributed by atoms with Crippen LogP contribution in [0.2, 0.25) is 0 Å². The number of rotatable bonds is 36. The molecule has 61 heteroatoms. The van der Waals surface area contributed by atoms with E-state index in [2.05, 4.69) is 21.3 Å². The van der Waals surface area contributed by atoms with Crippen LogP contribution in [0.1, 0.15) is 48.0 Å². The van der Waals surface area contributed by atoms with Crippen LogP contribution in [0.25, 0.3) is 0 Å². The lowest BCUT2D eigenvalue weighted by atomic mass is 9.88. The van der Waals surface area contributed by atoms with Crippen LogP contribution in [0.15, 0.2) is 0 Å². The maximum absolute atomic E-state index is 13.8. The molecule has 11 saturated heterocycles. The van der Waals surface area contributed by atoms with Crippen molar-refractivity contribution in [1.82, 2.24) is 21.3 Å². The van der Waals surface area contributed by atoms with Crippen molar-refractivity contribution in [1.29, 1.82) is 0 Å². The molecule has 0 aromatic carbocycles. The Bertz CT molecular complexity index is 3850. The summed E-state index contributed by atoms with van der Waals surface area (Å²) >= 11 is 0. The molecular weight excluding hydrogens is 1890 g/mol. The summed E-state index contributed by atoms with van der Waals surface area (Å²) in [6.07, 6.45) is -112. The molecule has 138 heavy (non-hydrogen) atoms. The van der Waals surface area contributed by atoms with Crippen molar-refractivity contribution in [3.8, 4) is 0 Å². The Morgan fingerprint density at radius 2 is 0.630 bits per heavy atom. The molecule has 56 atom stereocenters. The maximum Gasteiger partial charge on any atom is 0.364 e. The van der Waals surface area contributed by atoms with Gasteiger partial charge in [0.25, 0.3) is 5.79 Å². The minimum absolute atomic E-state index is 0.830. The Hall–Kier alpha value is -4.69. The number of carboxylic acids is 1. The highest BCUT2D eigenvalue weighted by Crippen LogP contribution is 2.44. The summed E-state index contributed by atoms with van der Waals surface area (Å²) in [5, 5.41) is 357. The highest BCUT2D eigenvalue weighted by atomic mass is 16.8. The van der Waals surface area contributed by atoms with E-state index in [1.807, 2.05) is 0 Å². The van der Waals surface area contributed by atoms with Crippen molar-refractivity contribution in [3.63, 3.8) is 0 Å². The second-order valence-electron chi connectivity index (χ2n) is 35.2. The van der Waals surface area contributed by atoms with Gasteiger partial charge in [-0.1, -0.05) is 0 Å². The molecule has 4 amide bonds. The number of nitrogens with one attached hydrogen (secondary N) is 4. The zero-order chi connectivity index (χ0) is 102. The van der Waals surface area contributed by atoms with Crippen LogP contribution in [0.3, 0.4) is 0 Å². The van der Waals surface area contributed by atoms with E-state index in [1.54, 1.807) is 0 Å². The van der Waals surface area contributed by atoms with Crippen LogP contribution in [0.5, 0.6) is 0 Å². The Morgan fingerprint density at radius 1 is 0.312 bits per heavy atom. The normalized spacial score (nSPS) is 49.1. The molecule has 0 aromatic rings. The van der Waals surface area contributed by atoms with Gasteiger partial charge in [0.2, 0.25) is 23.6 Å². The van der Waals surface area contributed by atoms with E-state index >= 15 is 0 Å². The summed E-state index contributed by atoms with van der Waals surface area (Å²) in [6, 6.07) is -8.09. The van der Waals surface area contributed by atoms with E-state index in [1.165, 1.54) is 13.8 Å². The van der Waals surface area contributed by atoms with Gasteiger partial charge in [0, 0.05) is 34.1 Å². The number of hydrogen-bond donors (Lipinski definition) is 35. The minimum Gasteiger partial charge on any atom is -0.477 e. The third-order valence-electron chi connectivity index (χ3n) is 25.5.